The molecule has 0 unspecified atom stereocenters. The molecule has 1 aromatic rings. The maximum Gasteiger partial charge on any atom is 0.305 e. The van der Waals surface area contributed by atoms with Crippen LogP contribution in [0, 0.1) is 0 Å². The van der Waals surface area contributed by atoms with E-state index in [4.69, 9.17) is 5.11 Å². The number of carbonyl (C=O) groups excluding carboxylic acids is 1. The fraction of sp³-hybridized carbons (Fsp3) is 0.500. The van der Waals surface area contributed by atoms with Gasteiger partial charge in [-0.3, -0.25) is 9.59 Å². The molecule has 1 aromatic carbocycles. The lowest BCUT2D eigenvalue weighted by atomic mass is 9.74. The first-order chi connectivity index (χ1) is 9.53. The minimum absolute atomic E-state index is 0.0216. The Hall–Kier alpha value is -1.84. The Morgan fingerprint density at radius 1 is 1.30 bits per heavy atom. The number of hydrogen-bond acceptors (Lipinski definition) is 2. The summed E-state index contributed by atoms with van der Waals surface area (Å²) in [4.78, 5) is 23.0. The molecular weight excluding hydrogens is 254 g/mol. The molecule has 2 N–H and O–H groups in total. The van der Waals surface area contributed by atoms with Crippen molar-refractivity contribution in [1.29, 1.82) is 0 Å². The summed E-state index contributed by atoms with van der Waals surface area (Å²) in [7, 11) is 0. The Bertz CT molecular complexity index is 506. The highest BCUT2D eigenvalue weighted by atomic mass is 16.4. The van der Waals surface area contributed by atoms with Crippen LogP contribution >= 0.6 is 0 Å². The Morgan fingerprint density at radius 3 is 2.55 bits per heavy atom. The normalized spacial score (nSPS) is 16.2. The lowest BCUT2D eigenvalue weighted by Gasteiger charge is -2.41. The zero-order valence-corrected chi connectivity index (χ0v) is 11.8. The average Bonchev–Trinajstić information content (AvgIpc) is 2.35. The third-order valence-corrected chi connectivity index (χ3v) is 3.97. The number of benzene rings is 1. The number of carboxylic acid groups (broad SMARTS) is 1. The van der Waals surface area contributed by atoms with Gasteiger partial charge < -0.3 is 10.4 Å². The molecule has 1 fully saturated rings. The molecule has 0 spiro atoms. The van der Waals surface area contributed by atoms with Crippen molar-refractivity contribution in [2.24, 2.45) is 0 Å². The molecule has 0 saturated heterocycles. The summed E-state index contributed by atoms with van der Waals surface area (Å²) in [5.74, 6) is -0.933. The summed E-state index contributed by atoms with van der Waals surface area (Å²) >= 11 is 0. The van der Waals surface area contributed by atoms with Crippen LogP contribution in [0.2, 0.25) is 0 Å². The number of aliphatic carboxylic acids is 1. The predicted octanol–water partition coefficient (Wildman–Crippen LogP) is 2.31. The van der Waals surface area contributed by atoms with Crippen LogP contribution in [0.25, 0.3) is 0 Å². The molecular formula is C16H21NO3. The lowest BCUT2D eigenvalue weighted by Crippen LogP contribution is -2.55. The van der Waals surface area contributed by atoms with Gasteiger partial charge in [-0.25, -0.2) is 0 Å². The molecule has 0 heterocycles. The molecule has 1 saturated carbocycles. The number of aryl methyl sites for hydroxylation is 1. The summed E-state index contributed by atoms with van der Waals surface area (Å²) in [5, 5.41) is 11.9. The quantitative estimate of drug-likeness (QED) is 0.837. The van der Waals surface area contributed by atoms with Crippen molar-refractivity contribution in [3.8, 4) is 0 Å². The van der Waals surface area contributed by atoms with E-state index in [1.165, 1.54) is 5.56 Å². The van der Waals surface area contributed by atoms with Crippen LogP contribution in [0.4, 0.5) is 0 Å². The van der Waals surface area contributed by atoms with Gasteiger partial charge in [-0.1, -0.05) is 31.2 Å². The van der Waals surface area contributed by atoms with Crippen LogP contribution in [0.3, 0.4) is 0 Å². The highest BCUT2D eigenvalue weighted by Crippen LogP contribution is 2.34. The first-order valence-electron chi connectivity index (χ1n) is 7.14. The van der Waals surface area contributed by atoms with Gasteiger partial charge in [-0.2, -0.15) is 0 Å². The molecule has 4 nitrogen and oxygen atoms in total. The molecule has 0 aromatic heterocycles. The Morgan fingerprint density at radius 2 is 2.00 bits per heavy atom. The zero-order chi connectivity index (χ0) is 14.6. The lowest BCUT2D eigenvalue weighted by molar-refractivity contribution is -0.140. The van der Waals surface area contributed by atoms with Gasteiger partial charge in [0, 0.05) is 0 Å². The Balaban J connectivity index is 1.96. The van der Waals surface area contributed by atoms with Gasteiger partial charge in [0.1, 0.15) is 0 Å². The van der Waals surface area contributed by atoms with E-state index in [1.54, 1.807) is 0 Å². The van der Waals surface area contributed by atoms with Crippen LogP contribution < -0.4 is 5.32 Å². The second kappa shape index (κ2) is 6.07. The highest BCUT2D eigenvalue weighted by molar-refractivity contribution is 5.80. The number of hydrogen-bond donors (Lipinski definition) is 2. The van der Waals surface area contributed by atoms with Crippen LogP contribution in [0.1, 0.15) is 43.7 Å². The van der Waals surface area contributed by atoms with Crippen molar-refractivity contribution in [1.82, 2.24) is 5.32 Å². The number of amides is 1. The smallest absolute Gasteiger partial charge is 0.305 e. The summed E-state index contributed by atoms with van der Waals surface area (Å²) < 4.78 is 0. The van der Waals surface area contributed by atoms with Crippen molar-refractivity contribution in [3.63, 3.8) is 0 Å². The molecule has 0 aliphatic heterocycles. The van der Waals surface area contributed by atoms with E-state index in [2.05, 4.69) is 12.2 Å². The Labute approximate surface area is 119 Å². The molecule has 0 bridgehead atoms. The van der Waals surface area contributed by atoms with Crippen LogP contribution in [0.15, 0.2) is 24.3 Å². The monoisotopic (exact) mass is 275 g/mol. The van der Waals surface area contributed by atoms with Gasteiger partial charge in [0.15, 0.2) is 0 Å². The SMILES string of the molecule is CCc1cccc(CC(=O)NC2(CC(=O)O)CCC2)c1. The second-order valence-corrected chi connectivity index (χ2v) is 5.60. The van der Waals surface area contributed by atoms with Gasteiger partial charge in [0.25, 0.3) is 0 Å². The molecule has 20 heavy (non-hydrogen) atoms. The van der Waals surface area contributed by atoms with Crippen molar-refractivity contribution >= 4 is 11.9 Å². The summed E-state index contributed by atoms with van der Waals surface area (Å²) in [6.45, 7) is 2.08. The van der Waals surface area contributed by atoms with Crippen molar-refractivity contribution < 1.29 is 14.7 Å². The maximum atomic E-state index is 12.1. The third kappa shape index (κ3) is 3.59. The number of rotatable bonds is 6. The Kier molecular flexibility index (Phi) is 4.42. The minimum atomic E-state index is -0.849. The van der Waals surface area contributed by atoms with Crippen LogP contribution in [-0.2, 0) is 22.4 Å². The van der Waals surface area contributed by atoms with E-state index in [9.17, 15) is 9.59 Å². The van der Waals surface area contributed by atoms with Gasteiger partial charge in [0.05, 0.1) is 18.4 Å². The minimum Gasteiger partial charge on any atom is -0.481 e. The molecule has 2 rings (SSSR count). The van der Waals surface area contributed by atoms with Gasteiger partial charge in [-0.05, 0) is 36.8 Å². The topological polar surface area (TPSA) is 66.4 Å². The van der Waals surface area contributed by atoms with E-state index >= 15 is 0 Å². The fourth-order valence-corrected chi connectivity index (χ4v) is 2.72. The molecule has 0 radical (unpaired) electrons. The van der Waals surface area contributed by atoms with Crippen molar-refractivity contribution in [2.75, 3.05) is 0 Å². The highest BCUT2D eigenvalue weighted by Gasteiger charge is 2.40. The molecule has 1 amide bonds. The number of carboxylic acids is 1. The van der Waals surface area contributed by atoms with Crippen LogP contribution in [-0.4, -0.2) is 22.5 Å². The van der Waals surface area contributed by atoms with Crippen LogP contribution in [0.5, 0.6) is 0 Å². The van der Waals surface area contributed by atoms with Gasteiger partial charge in [-0.15, -0.1) is 0 Å². The standard InChI is InChI=1S/C16H21NO3/c1-2-12-5-3-6-13(9-12)10-14(18)17-16(7-4-8-16)11-15(19)20/h3,5-6,9H,2,4,7-8,10-11H2,1H3,(H,17,18)(H,19,20). The van der Waals surface area contributed by atoms with Gasteiger partial charge >= 0.3 is 5.97 Å². The molecule has 1 aliphatic rings. The first kappa shape index (κ1) is 14.6. The number of carbonyl (C=O) groups is 2. The summed E-state index contributed by atoms with van der Waals surface area (Å²) in [6.07, 6.45) is 3.79. The fourth-order valence-electron chi connectivity index (χ4n) is 2.72. The van der Waals surface area contributed by atoms with Gasteiger partial charge in [0.2, 0.25) is 5.91 Å². The van der Waals surface area contributed by atoms with E-state index in [-0.39, 0.29) is 12.3 Å². The molecule has 108 valence electrons. The largest absolute Gasteiger partial charge is 0.481 e. The first-order valence-corrected chi connectivity index (χ1v) is 7.14. The molecule has 1 aliphatic carbocycles. The molecule has 4 heteroatoms. The predicted molar refractivity (Wildman–Crippen MR) is 76.5 cm³/mol. The second-order valence-electron chi connectivity index (χ2n) is 5.60. The van der Waals surface area contributed by atoms with E-state index in [0.29, 0.717) is 6.42 Å². The third-order valence-electron chi connectivity index (χ3n) is 3.97. The van der Waals surface area contributed by atoms with E-state index in [0.717, 1.165) is 31.2 Å². The zero-order valence-electron chi connectivity index (χ0n) is 11.8. The average molecular weight is 275 g/mol. The van der Waals surface area contributed by atoms with E-state index in [1.807, 2.05) is 24.3 Å². The number of nitrogens with one attached hydrogen (secondary N) is 1. The van der Waals surface area contributed by atoms with Crippen molar-refractivity contribution in [2.45, 2.75) is 51.0 Å². The molecule has 0 atom stereocenters. The summed E-state index contributed by atoms with van der Waals surface area (Å²) in [5.41, 5.74) is 1.68. The summed E-state index contributed by atoms with van der Waals surface area (Å²) in [6, 6.07) is 7.96. The maximum absolute atomic E-state index is 12.1. The van der Waals surface area contributed by atoms with E-state index < -0.39 is 11.5 Å². The van der Waals surface area contributed by atoms with Crippen molar-refractivity contribution in [3.05, 3.63) is 35.4 Å².